The monoisotopic (exact) mass is 263 g/mol. The molecule has 100 valence electrons. The van der Waals surface area contributed by atoms with Crippen LogP contribution in [0.5, 0.6) is 0 Å². The number of carboxylic acids is 1. The molecule has 0 saturated heterocycles. The highest BCUT2D eigenvalue weighted by molar-refractivity contribution is 6.01. The third-order valence-corrected chi connectivity index (χ3v) is 2.91. The number of aromatic carboxylic acids is 1. The lowest BCUT2D eigenvalue weighted by atomic mass is 10.1. The zero-order valence-electron chi connectivity index (χ0n) is 10.7. The topological polar surface area (TPSA) is 105 Å². The third-order valence-electron chi connectivity index (χ3n) is 2.91. The van der Waals surface area contributed by atoms with Gasteiger partial charge in [0.05, 0.1) is 10.9 Å². The molecule has 2 aromatic rings. The van der Waals surface area contributed by atoms with Gasteiger partial charge in [-0.05, 0) is 12.0 Å². The molecule has 0 fully saturated rings. The second-order valence-electron chi connectivity index (χ2n) is 4.57. The Bertz CT molecular complexity index is 786. The molecule has 2 N–H and O–H groups in total. The minimum Gasteiger partial charge on any atom is -0.478 e. The van der Waals surface area contributed by atoms with Crippen LogP contribution in [-0.4, -0.2) is 25.6 Å². The van der Waals surface area contributed by atoms with Crippen LogP contribution in [0, 0.1) is 0 Å². The minimum absolute atomic E-state index is 0.0168. The smallest absolute Gasteiger partial charge is 0.336 e. The van der Waals surface area contributed by atoms with Gasteiger partial charge in [-0.1, -0.05) is 13.8 Å². The standard InChI is InChI=1S/C12H13N3O4/c1-5(2)7-4-6(11(17)18)8-9(13-7)15(3)12(19)14-10(8)16/h4-5H,1-3H3,(H,17,18)(H,14,16,19). The van der Waals surface area contributed by atoms with Crippen LogP contribution >= 0.6 is 0 Å². The molecular formula is C12H13N3O4. The fourth-order valence-corrected chi connectivity index (χ4v) is 1.82. The highest BCUT2D eigenvalue weighted by atomic mass is 16.4. The second kappa shape index (κ2) is 4.34. The number of rotatable bonds is 2. The minimum atomic E-state index is -1.22. The molecule has 0 aliphatic rings. The number of pyridine rings is 1. The summed E-state index contributed by atoms with van der Waals surface area (Å²) in [4.78, 5) is 40.9. The Hall–Kier alpha value is -2.44. The number of nitrogens with one attached hydrogen (secondary N) is 1. The Balaban J connectivity index is 3.08. The number of H-pyrrole nitrogens is 1. The van der Waals surface area contributed by atoms with Crippen molar-refractivity contribution < 1.29 is 9.90 Å². The van der Waals surface area contributed by atoms with E-state index in [9.17, 15) is 19.5 Å². The molecule has 2 heterocycles. The van der Waals surface area contributed by atoms with E-state index in [4.69, 9.17) is 0 Å². The average molecular weight is 263 g/mol. The van der Waals surface area contributed by atoms with Gasteiger partial charge in [-0.2, -0.15) is 0 Å². The van der Waals surface area contributed by atoms with Crippen LogP contribution in [0.15, 0.2) is 15.7 Å². The number of hydrogen-bond acceptors (Lipinski definition) is 4. The van der Waals surface area contributed by atoms with E-state index >= 15 is 0 Å². The zero-order chi connectivity index (χ0) is 14.3. The summed E-state index contributed by atoms with van der Waals surface area (Å²) in [5, 5.41) is 9.12. The van der Waals surface area contributed by atoms with Gasteiger partial charge in [-0.3, -0.25) is 14.3 Å². The highest BCUT2D eigenvalue weighted by Crippen LogP contribution is 2.19. The Labute approximate surface area is 107 Å². The van der Waals surface area contributed by atoms with Crippen LogP contribution in [-0.2, 0) is 7.05 Å². The van der Waals surface area contributed by atoms with Gasteiger partial charge in [0.15, 0.2) is 0 Å². The molecular weight excluding hydrogens is 250 g/mol. The van der Waals surface area contributed by atoms with Crippen molar-refractivity contribution in [2.45, 2.75) is 19.8 Å². The molecule has 0 bridgehead atoms. The van der Waals surface area contributed by atoms with Crippen LogP contribution in [0.4, 0.5) is 0 Å². The van der Waals surface area contributed by atoms with Crippen molar-refractivity contribution in [3.8, 4) is 0 Å². The number of carbonyl (C=O) groups is 1. The fourth-order valence-electron chi connectivity index (χ4n) is 1.82. The summed E-state index contributed by atoms with van der Waals surface area (Å²) in [7, 11) is 1.43. The fraction of sp³-hybridized carbons (Fsp3) is 0.333. The molecule has 0 atom stereocenters. The Morgan fingerprint density at radius 1 is 1.42 bits per heavy atom. The number of aromatic nitrogens is 3. The van der Waals surface area contributed by atoms with Gasteiger partial charge < -0.3 is 5.11 Å². The van der Waals surface area contributed by atoms with Gasteiger partial charge in [0, 0.05) is 12.7 Å². The van der Waals surface area contributed by atoms with E-state index in [-0.39, 0.29) is 22.5 Å². The molecule has 7 heteroatoms. The van der Waals surface area contributed by atoms with Crippen LogP contribution in [0.25, 0.3) is 11.0 Å². The zero-order valence-corrected chi connectivity index (χ0v) is 10.7. The van der Waals surface area contributed by atoms with Gasteiger partial charge in [0.25, 0.3) is 5.56 Å². The summed E-state index contributed by atoms with van der Waals surface area (Å²) in [5.41, 5.74) is -0.908. The van der Waals surface area contributed by atoms with E-state index in [2.05, 4.69) is 9.97 Å². The number of fused-ring (bicyclic) bond motifs is 1. The maximum atomic E-state index is 11.8. The first-order valence-electron chi connectivity index (χ1n) is 5.70. The highest BCUT2D eigenvalue weighted by Gasteiger charge is 2.18. The number of carboxylic acid groups (broad SMARTS) is 1. The van der Waals surface area contributed by atoms with E-state index in [1.54, 1.807) is 0 Å². The Morgan fingerprint density at radius 3 is 2.58 bits per heavy atom. The van der Waals surface area contributed by atoms with Gasteiger partial charge in [-0.15, -0.1) is 0 Å². The molecule has 0 spiro atoms. The van der Waals surface area contributed by atoms with Gasteiger partial charge in [-0.25, -0.2) is 14.6 Å². The number of aryl methyl sites for hydroxylation is 1. The molecule has 0 saturated carbocycles. The largest absolute Gasteiger partial charge is 0.478 e. The van der Waals surface area contributed by atoms with Crippen molar-refractivity contribution in [3.05, 3.63) is 38.2 Å². The lowest BCUT2D eigenvalue weighted by molar-refractivity contribution is 0.0698. The van der Waals surface area contributed by atoms with Crippen molar-refractivity contribution in [2.24, 2.45) is 7.05 Å². The van der Waals surface area contributed by atoms with E-state index in [1.165, 1.54) is 13.1 Å². The van der Waals surface area contributed by atoms with E-state index in [1.807, 2.05) is 13.8 Å². The molecule has 2 rings (SSSR count). The first-order chi connectivity index (χ1) is 8.82. The van der Waals surface area contributed by atoms with Gasteiger partial charge in [0.2, 0.25) is 0 Å². The van der Waals surface area contributed by atoms with Crippen LogP contribution in [0.2, 0.25) is 0 Å². The summed E-state index contributed by atoms with van der Waals surface area (Å²) >= 11 is 0. The molecule has 0 aromatic carbocycles. The van der Waals surface area contributed by atoms with Crippen LogP contribution in [0.1, 0.15) is 35.8 Å². The molecule has 0 aliphatic heterocycles. The number of aromatic amines is 1. The normalized spacial score (nSPS) is 11.2. The van der Waals surface area contributed by atoms with Crippen molar-refractivity contribution >= 4 is 17.0 Å². The predicted octanol–water partition coefficient (Wildman–Crippen LogP) is 0.443. The Kier molecular flexibility index (Phi) is 2.97. The molecule has 2 aromatic heterocycles. The number of hydrogen-bond donors (Lipinski definition) is 2. The van der Waals surface area contributed by atoms with Gasteiger partial charge in [0.1, 0.15) is 5.65 Å². The average Bonchev–Trinajstić information content (AvgIpc) is 2.34. The molecule has 0 amide bonds. The maximum absolute atomic E-state index is 11.8. The van der Waals surface area contributed by atoms with Crippen molar-refractivity contribution in [2.75, 3.05) is 0 Å². The van der Waals surface area contributed by atoms with Crippen LogP contribution < -0.4 is 11.2 Å². The molecule has 19 heavy (non-hydrogen) atoms. The van der Waals surface area contributed by atoms with Crippen LogP contribution in [0.3, 0.4) is 0 Å². The van der Waals surface area contributed by atoms with Crippen molar-refractivity contribution in [1.82, 2.24) is 14.5 Å². The molecule has 0 unspecified atom stereocenters. The second-order valence-corrected chi connectivity index (χ2v) is 4.57. The van der Waals surface area contributed by atoms with E-state index in [0.717, 1.165) is 4.57 Å². The summed E-state index contributed by atoms with van der Waals surface area (Å²) in [6.07, 6.45) is 0. The molecule has 0 aliphatic carbocycles. The molecule has 0 radical (unpaired) electrons. The lowest BCUT2D eigenvalue weighted by Crippen LogP contribution is -2.30. The van der Waals surface area contributed by atoms with Gasteiger partial charge >= 0.3 is 11.7 Å². The summed E-state index contributed by atoms with van der Waals surface area (Å²) < 4.78 is 1.13. The van der Waals surface area contributed by atoms with E-state index < -0.39 is 17.2 Å². The first kappa shape index (κ1) is 13.0. The van der Waals surface area contributed by atoms with Crippen molar-refractivity contribution in [1.29, 1.82) is 0 Å². The predicted molar refractivity (Wildman–Crippen MR) is 68.7 cm³/mol. The molecule has 7 nitrogen and oxygen atoms in total. The summed E-state index contributed by atoms with van der Waals surface area (Å²) in [6, 6.07) is 1.37. The third kappa shape index (κ3) is 2.03. The maximum Gasteiger partial charge on any atom is 0.336 e. The van der Waals surface area contributed by atoms with E-state index in [0.29, 0.717) is 5.69 Å². The van der Waals surface area contributed by atoms with Crippen molar-refractivity contribution in [3.63, 3.8) is 0 Å². The summed E-state index contributed by atoms with van der Waals surface area (Å²) in [6.45, 7) is 3.70. The summed E-state index contributed by atoms with van der Waals surface area (Å²) in [5.74, 6) is -1.24. The SMILES string of the molecule is CC(C)c1cc(C(=O)O)c2c(=O)[nH]c(=O)n(C)c2n1. The number of nitrogens with zero attached hydrogens (tertiary/aromatic N) is 2. The lowest BCUT2D eigenvalue weighted by Gasteiger charge is -2.10. The quantitative estimate of drug-likeness (QED) is 0.818. The first-order valence-corrected chi connectivity index (χ1v) is 5.70. The Morgan fingerprint density at radius 2 is 2.05 bits per heavy atom.